The molecule has 0 spiro atoms. The van der Waals surface area contributed by atoms with Crippen molar-refractivity contribution in [2.24, 2.45) is 0 Å². The van der Waals surface area contributed by atoms with Gasteiger partial charge in [-0.15, -0.1) is 0 Å². The molecule has 0 aliphatic carbocycles. The average Bonchev–Trinajstić information content (AvgIpc) is 3.04. The van der Waals surface area contributed by atoms with Gasteiger partial charge in [0.15, 0.2) is 0 Å². The highest BCUT2D eigenvalue weighted by Gasteiger charge is 2.09. The van der Waals surface area contributed by atoms with E-state index < -0.39 is 0 Å². The van der Waals surface area contributed by atoms with Gasteiger partial charge in [0, 0.05) is 23.2 Å². The number of nitrogens with zero attached hydrogens (tertiary/aromatic N) is 2. The fourth-order valence-electron chi connectivity index (χ4n) is 2.42. The monoisotopic (exact) mass is 283 g/mol. The number of carbonyl (C=O) groups is 1. The van der Waals surface area contributed by atoms with Gasteiger partial charge in [-0.3, -0.25) is 15.0 Å². The summed E-state index contributed by atoms with van der Waals surface area (Å²) in [4.78, 5) is 12.0. The van der Waals surface area contributed by atoms with Crippen LogP contribution in [0.2, 0.25) is 0 Å². The lowest BCUT2D eigenvalue weighted by atomic mass is 10.1. The van der Waals surface area contributed by atoms with Gasteiger partial charge in [-0.25, -0.2) is 0 Å². The number of aromatic nitrogens is 4. The quantitative estimate of drug-likeness (QED) is 0.687. The van der Waals surface area contributed by atoms with Crippen molar-refractivity contribution in [2.75, 3.05) is 5.32 Å². The lowest BCUT2D eigenvalue weighted by Gasteiger charge is -2.05. The molecule has 0 saturated heterocycles. The van der Waals surface area contributed by atoms with Crippen LogP contribution in [0.15, 0.2) is 24.4 Å². The molecule has 3 N–H and O–H groups in total. The standard InChI is InChI=1S/C15H17N5O/c1-9-13(10(2)19-18-9)5-6-15(21)17-12-4-3-11-8-16-20-14(11)7-12/h3-4,7-8H,5-6H2,1-2H3,(H,16,20)(H,17,21)(H,18,19). The van der Waals surface area contributed by atoms with Crippen LogP contribution in [0.1, 0.15) is 23.4 Å². The van der Waals surface area contributed by atoms with Crippen LogP contribution >= 0.6 is 0 Å². The lowest BCUT2D eigenvalue weighted by molar-refractivity contribution is -0.116. The van der Waals surface area contributed by atoms with Gasteiger partial charge in [0.05, 0.1) is 17.4 Å². The topological polar surface area (TPSA) is 86.5 Å². The summed E-state index contributed by atoms with van der Waals surface area (Å²) in [6.45, 7) is 3.92. The summed E-state index contributed by atoms with van der Waals surface area (Å²) < 4.78 is 0. The van der Waals surface area contributed by atoms with Crippen molar-refractivity contribution in [2.45, 2.75) is 26.7 Å². The van der Waals surface area contributed by atoms with Gasteiger partial charge in [-0.05, 0) is 44.0 Å². The summed E-state index contributed by atoms with van der Waals surface area (Å²) in [6.07, 6.45) is 2.87. The second-order valence-corrected chi connectivity index (χ2v) is 5.13. The molecule has 21 heavy (non-hydrogen) atoms. The van der Waals surface area contributed by atoms with E-state index in [4.69, 9.17) is 0 Å². The van der Waals surface area contributed by atoms with Crippen LogP contribution in [-0.2, 0) is 11.2 Å². The van der Waals surface area contributed by atoms with Gasteiger partial charge >= 0.3 is 0 Å². The Morgan fingerprint density at radius 2 is 2.14 bits per heavy atom. The molecule has 3 rings (SSSR count). The molecule has 3 aromatic rings. The Labute approximate surface area is 122 Å². The molecule has 0 radical (unpaired) electrons. The number of amides is 1. The summed E-state index contributed by atoms with van der Waals surface area (Å²) in [7, 11) is 0. The largest absolute Gasteiger partial charge is 0.326 e. The fraction of sp³-hybridized carbons (Fsp3) is 0.267. The van der Waals surface area contributed by atoms with Gasteiger partial charge in [-0.1, -0.05) is 0 Å². The minimum atomic E-state index is -0.00568. The molecule has 0 unspecified atom stereocenters. The number of hydrogen-bond donors (Lipinski definition) is 3. The maximum Gasteiger partial charge on any atom is 0.224 e. The smallest absolute Gasteiger partial charge is 0.224 e. The summed E-state index contributed by atoms with van der Waals surface area (Å²) in [5.74, 6) is -0.00568. The first-order valence-corrected chi connectivity index (χ1v) is 6.87. The van der Waals surface area contributed by atoms with E-state index in [1.54, 1.807) is 6.20 Å². The Hall–Kier alpha value is -2.63. The minimum Gasteiger partial charge on any atom is -0.326 e. The Balaban J connectivity index is 1.63. The van der Waals surface area contributed by atoms with E-state index in [2.05, 4.69) is 25.7 Å². The maximum absolute atomic E-state index is 12.0. The highest BCUT2D eigenvalue weighted by Crippen LogP contribution is 2.17. The number of H-pyrrole nitrogens is 2. The number of rotatable bonds is 4. The van der Waals surface area contributed by atoms with Crippen molar-refractivity contribution >= 4 is 22.5 Å². The van der Waals surface area contributed by atoms with Crippen molar-refractivity contribution in [3.05, 3.63) is 41.3 Å². The van der Waals surface area contributed by atoms with Crippen LogP contribution in [0.25, 0.3) is 10.9 Å². The van der Waals surface area contributed by atoms with Crippen LogP contribution in [0, 0.1) is 13.8 Å². The summed E-state index contributed by atoms with van der Waals surface area (Å²) >= 11 is 0. The van der Waals surface area contributed by atoms with Gasteiger partial charge < -0.3 is 5.32 Å². The number of aryl methyl sites for hydroxylation is 2. The number of anilines is 1. The average molecular weight is 283 g/mol. The third-order valence-corrected chi connectivity index (χ3v) is 3.61. The first kappa shape index (κ1) is 13.4. The molecule has 0 saturated carbocycles. The molecule has 6 nitrogen and oxygen atoms in total. The lowest BCUT2D eigenvalue weighted by Crippen LogP contribution is -2.12. The molecule has 2 aromatic heterocycles. The summed E-state index contributed by atoms with van der Waals surface area (Å²) in [6, 6.07) is 5.69. The van der Waals surface area contributed by atoms with E-state index in [9.17, 15) is 4.79 Å². The third kappa shape index (κ3) is 2.79. The Bertz CT molecular complexity index is 767. The number of fused-ring (bicyclic) bond motifs is 1. The van der Waals surface area contributed by atoms with E-state index in [1.807, 2.05) is 32.0 Å². The van der Waals surface area contributed by atoms with E-state index in [0.717, 1.165) is 33.5 Å². The molecule has 2 heterocycles. The minimum absolute atomic E-state index is 0.00568. The van der Waals surface area contributed by atoms with Crippen molar-refractivity contribution in [3.63, 3.8) is 0 Å². The number of aromatic amines is 2. The zero-order valence-electron chi connectivity index (χ0n) is 12.0. The van der Waals surface area contributed by atoms with Crippen LogP contribution < -0.4 is 5.32 Å². The third-order valence-electron chi connectivity index (χ3n) is 3.61. The van der Waals surface area contributed by atoms with Crippen LogP contribution in [0.4, 0.5) is 5.69 Å². The van der Waals surface area contributed by atoms with E-state index in [-0.39, 0.29) is 5.91 Å². The van der Waals surface area contributed by atoms with Crippen molar-refractivity contribution in [1.82, 2.24) is 20.4 Å². The number of hydrogen-bond acceptors (Lipinski definition) is 3. The molecule has 1 amide bonds. The normalized spacial score (nSPS) is 11.0. The fourth-order valence-corrected chi connectivity index (χ4v) is 2.42. The second-order valence-electron chi connectivity index (χ2n) is 5.13. The first-order chi connectivity index (χ1) is 10.1. The number of carbonyl (C=O) groups excluding carboxylic acids is 1. The number of nitrogens with one attached hydrogen (secondary N) is 3. The molecule has 0 atom stereocenters. The number of benzene rings is 1. The first-order valence-electron chi connectivity index (χ1n) is 6.87. The van der Waals surface area contributed by atoms with Gasteiger partial charge in [0.2, 0.25) is 5.91 Å². The van der Waals surface area contributed by atoms with Crippen LogP contribution in [0.3, 0.4) is 0 Å². The Morgan fingerprint density at radius 1 is 1.29 bits per heavy atom. The molecule has 6 heteroatoms. The molecule has 0 aliphatic rings. The summed E-state index contributed by atoms with van der Waals surface area (Å²) in [5.41, 5.74) is 4.79. The van der Waals surface area contributed by atoms with Gasteiger partial charge in [-0.2, -0.15) is 10.2 Å². The molecular formula is C15H17N5O. The predicted molar refractivity (Wildman–Crippen MR) is 81.1 cm³/mol. The van der Waals surface area contributed by atoms with E-state index in [0.29, 0.717) is 12.8 Å². The van der Waals surface area contributed by atoms with E-state index in [1.165, 1.54) is 0 Å². The van der Waals surface area contributed by atoms with Crippen LogP contribution in [-0.4, -0.2) is 26.3 Å². The van der Waals surface area contributed by atoms with Gasteiger partial charge in [0.1, 0.15) is 0 Å². The summed E-state index contributed by atoms with van der Waals surface area (Å²) in [5, 5.41) is 17.9. The van der Waals surface area contributed by atoms with Crippen molar-refractivity contribution < 1.29 is 4.79 Å². The Kier molecular flexibility index (Phi) is 3.43. The highest BCUT2D eigenvalue weighted by atomic mass is 16.1. The molecule has 0 aliphatic heterocycles. The molecule has 0 bridgehead atoms. The van der Waals surface area contributed by atoms with Gasteiger partial charge in [0.25, 0.3) is 0 Å². The highest BCUT2D eigenvalue weighted by molar-refractivity contribution is 5.93. The molecule has 1 aromatic carbocycles. The van der Waals surface area contributed by atoms with Crippen molar-refractivity contribution in [1.29, 1.82) is 0 Å². The molecule has 0 fully saturated rings. The molecule has 108 valence electrons. The molecular weight excluding hydrogens is 266 g/mol. The maximum atomic E-state index is 12.0. The van der Waals surface area contributed by atoms with Crippen LogP contribution in [0.5, 0.6) is 0 Å². The second kappa shape index (κ2) is 5.40. The van der Waals surface area contributed by atoms with Crippen molar-refractivity contribution in [3.8, 4) is 0 Å². The Morgan fingerprint density at radius 3 is 2.90 bits per heavy atom. The predicted octanol–water partition coefficient (Wildman–Crippen LogP) is 2.47. The SMILES string of the molecule is Cc1n[nH]c(C)c1CCC(=O)Nc1ccc2cn[nH]c2c1. The zero-order valence-corrected chi connectivity index (χ0v) is 12.0. The van der Waals surface area contributed by atoms with E-state index >= 15 is 0 Å². The zero-order chi connectivity index (χ0) is 14.8.